The number of methoxy groups -OCH3 is 1. The Morgan fingerprint density at radius 2 is 1.62 bits per heavy atom. The number of benzene rings is 4. The number of hydrogen-bond donors (Lipinski definition) is 1. The zero-order valence-electron chi connectivity index (χ0n) is 21.3. The lowest BCUT2D eigenvalue weighted by Crippen LogP contribution is -2.13. The third-order valence-corrected chi connectivity index (χ3v) is 7.11. The Morgan fingerprint density at radius 1 is 0.900 bits per heavy atom. The lowest BCUT2D eigenvalue weighted by molar-refractivity contribution is -0.112. The highest BCUT2D eigenvalue weighted by atomic mass is 79.9. The predicted molar refractivity (Wildman–Crippen MR) is 161 cm³/mol. The Morgan fingerprint density at radius 3 is 2.30 bits per heavy atom. The van der Waals surface area contributed by atoms with Crippen LogP contribution in [0.15, 0.2) is 95.0 Å². The Kier molecular flexibility index (Phi) is 10.1. The summed E-state index contributed by atoms with van der Waals surface area (Å²) in [5.74, 6) is 1.01. The molecule has 0 atom stereocenters. The number of carbonyl (C=O) groups is 1. The van der Waals surface area contributed by atoms with Crippen molar-refractivity contribution in [3.63, 3.8) is 0 Å². The molecule has 9 heteroatoms. The molecule has 0 aromatic heterocycles. The van der Waals surface area contributed by atoms with E-state index in [2.05, 4.69) is 21.2 Å². The van der Waals surface area contributed by atoms with Crippen molar-refractivity contribution in [1.29, 1.82) is 5.26 Å². The standard InChI is InChI=1S/C31H23BrCl2N2O4/c1-38-29-15-22(26(32)16-30(29)40-19-21-7-12-27(33)28(34)13-21)14-23(17-35)31(37)36-24-8-10-25(11-9-24)39-18-20-5-3-2-4-6-20/h2-16H,18-19H2,1H3,(H,36,37)/b23-14+. The molecule has 6 nitrogen and oxygen atoms in total. The molecular weight excluding hydrogens is 615 g/mol. The van der Waals surface area contributed by atoms with E-state index in [0.717, 1.165) is 11.1 Å². The van der Waals surface area contributed by atoms with E-state index in [-0.39, 0.29) is 12.2 Å². The van der Waals surface area contributed by atoms with Gasteiger partial charge in [-0.1, -0.05) is 75.5 Å². The molecule has 0 unspecified atom stereocenters. The molecule has 0 bridgehead atoms. The van der Waals surface area contributed by atoms with Gasteiger partial charge < -0.3 is 19.5 Å². The predicted octanol–water partition coefficient (Wildman–Crippen LogP) is 8.47. The first-order valence-electron chi connectivity index (χ1n) is 12.0. The van der Waals surface area contributed by atoms with Crippen LogP contribution < -0.4 is 19.5 Å². The molecule has 0 saturated heterocycles. The van der Waals surface area contributed by atoms with Gasteiger partial charge >= 0.3 is 0 Å². The van der Waals surface area contributed by atoms with Crippen LogP contribution in [0.3, 0.4) is 0 Å². The molecule has 1 N–H and O–H groups in total. The Bertz CT molecular complexity index is 1570. The second-order valence-corrected chi connectivity index (χ2v) is 10.2. The van der Waals surface area contributed by atoms with Crippen molar-refractivity contribution in [3.8, 4) is 23.3 Å². The summed E-state index contributed by atoms with van der Waals surface area (Å²) in [6.07, 6.45) is 1.47. The van der Waals surface area contributed by atoms with Gasteiger partial charge in [-0.15, -0.1) is 0 Å². The third kappa shape index (κ3) is 7.80. The highest BCUT2D eigenvalue weighted by Gasteiger charge is 2.14. The smallest absolute Gasteiger partial charge is 0.266 e. The largest absolute Gasteiger partial charge is 0.493 e. The van der Waals surface area contributed by atoms with Crippen molar-refractivity contribution in [2.45, 2.75) is 13.2 Å². The van der Waals surface area contributed by atoms with Gasteiger partial charge in [-0.05, 0) is 71.3 Å². The van der Waals surface area contributed by atoms with Crippen molar-refractivity contribution in [2.24, 2.45) is 0 Å². The van der Waals surface area contributed by atoms with Crippen molar-refractivity contribution in [2.75, 3.05) is 12.4 Å². The lowest BCUT2D eigenvalue weighted by atomic mass is 10.1. The van der Waals surface area contributed by atoms with E-state index < -0.39 is 5.91 Å². The van der Waals surface area contributed by atoms with Gasteiger partial charge in [-0.25, -0.2) is 0 Å². The number of carbonyl (C=O) groups excluding carboxylic acids is 1. The van der Waals surface area contributed by atoms with Gasteiger partial charge in [0.25, 0.3) is 5.91 Å². The van der Waals surface area contributed by atoms with E-state index in [1.807, 2.05) is 42.5 Å². The van der Waals surface area contributed by atoms with E-state index in [9.17, 15) is 10.1 Å². The van der Waals surface area contributed by atoms with E-state index in [1.54, 1.807) is 48.5 Å². The first-order valence-corrected chi connectivity index (χ1v) is 13.6. The first kappa shape index (κ1) is 29.0. The molecule has 1 amide bonds. The summed E-state index contributed by atoms with van der Waals surface area (Å²) in [6, 6.07) is 27.4. The molecule has 4 rings (SSSR count). The maximum Gasteiger partial charge on any atom is 0.266 e. The van der Waals surface area contributed by atoms with Gasteiger partial charge in [0.2, 0.25) is 0 Å². The number of anilines is 1. The van der Waals surface area contributed by atoms with Crippen molar-refractivity contribution >= 4 is 56.8 Å². The Balaban J connectivity index is 1.43. The number of rotatable bonds is 10. The van der Waals surface area contributed by atoms with E-state index in [1.165, 1.54) is 13.2 Å². The number of nitrogens with zero attached hydrogens (tertiary/aromatic N) is 1. The number of nitrogens with one attached hydrogen (secondary N) is 1. The van der Waals surface area contributed by atoms with E-state index in [4.69, 9.17) is 37.4 Å². The molecule has 0 fully saturated rings. The fourth-order valence-corrected chi connectivity index (χ4v) is 4.36. The maximum absolute atomic E-state index is 12.9. The number of ether oxygens (including phenoxy) is 3. The molecule has 0 spiro atoms. The minimum atomic E-state index is -0.550. The summed E-state index contributed by atoms with van der Waals surface area (Å²) < 4.78 is 17.8. The van der Waals surface area contributed by atoms with Crippen molar-refractivity contribution < 1.29 is 19.0 Å². The number of hydrogen-bond acceptors (Lipinski definition) is 5. The van der Waals surface area contributed by atoms with Gasteiger partial charge in [0.15, 0.2) is 11.5 Å². The monoisotopic (exact) mass is 636 g/mol. The second-order valence-electron chi connectivity index (χ2n) is 8.48. The molecule has 0 aliphatic heterocycles. The SMILES string of the molecule is COc1cc(/C=C(\C#N)C(=O)Nc2ccc(OCc3ccccc3)cc2)c(Br)cc1OCc1ccc(Cl)c(Cl)c1. The van der Waals surface area contributed by atoms with Gasteiger partial charge in [0, 0.05) is 10.2 Å². The van der Waals surface area contributed by atoms with Crippen LogP contribution in [-0.4, -0.2) is 13.0 Å². The molecule has 4 aromatic carbocycles. The molecular formula is C31H23BrCl2N2O4. The fraction of sp³-hybridized carbons (Fsp3) is 0.0968. The highest BCUT2D eigenvalue weighted by Crippen LogP contribution is 2.35. The summed E-state index contributed by atoms with van der Waals surface area (Å²) in [7, 11) is 1.51. The molecule has 40 heavy (non-hydrogen) atoms. The van der Waals surface area contributed by atoms with E-state index in [0.29, 0.717) is 49.6 Å². The van der Waals surface area contributed by atoms with Crippen molar-refractivity contribution in [1.82, 2.24) is 0 Å². The Labute approximate surface area is 250 Å². The molecule has 0 aliphatic rings. The molecule has 0 saturated carbocycles. The van der Waals surface area contributed by atoms with Crippen LogP contribution in [0.4, 0.5) is 5.69 Å². The lowest BCUT2D eigenvalue weighted by Gasteiger charge is -2.13. The summed E-state index contributed by atoms with van der Waals surface area (Å²) in [6.45, 7) is 0.669. The van der Waals surface area contributed by atoms with E-state index >= 15 is 0 Å². The minimum Gasteiger partial charge on any atom is -0.493 e. The van der Waals surface area contributed by atoms with Crippen LogP contribution in [-0.2, 0) is 18.0 Å². The van der Waals surface area contributed by atoms with Gasteiger partial charge in [0.05, 0.1) is 17.2 Å². The minimum absolute atomic E-state index is 0.0865. The molecule has 202 valence electrons. The van der Waals surface area contributed by atoms with Gasteiger partial charge in [-0.2, -0.15) is 5.26 Å². The second kappa shape index (κ2) is 13.9. The summed E-state index contributed by atoms with van der Waals surface area (Å²) in [5, 5.41) is 13.3. The normalized spacial score (nSPS) is 10.9. The molecule has 0 radical (unpaired) electrons. The molecule has 0 aliphatic carbocycles. The van der Waals surface area contributed by atoms with Crippen LogP contribution in [0.25, 0.3) is 6.08 Å². The quantitative estimate of drug-likeness (QED) is 0.139. The molecule has 0 heterocycles. The van der Waals surface area contributed by atoms with Crippen LogP contribution in [0, 0.1) is 11.3 Å². The zero-order chi connectivity index (χ0) is 28.5. The van der Waals surface area contributed by atoms with Crippen LogP contribution >= 0.6 is 39.1 Å². The molecule has 4 aromatic rings. The number of halogens is 3. The summed E-state index contributed by atoms with van der Waals surface area (Å²) in [4.78, 5) is 12.9. The Hall–Kier alpha value is -3.96. The van der Waals surface area contributed by atoms with Crippen LogP contribution in [0.2, 0.25) is 10.0 Å². The first-order chi connectivity index (χ1) is 19.4. The average molecular weight is 638 g/mol. The van der Waals surface area contributed by atoms with Gasteiger partial charge in [0.1, 0.15) is 30.6 Å². The summed E-state index contributed by atoms with van der Waals surface area (Å²) in [5.41, 5.74) is 2.89. The summed E-state index contributed by atoms with van der Waals surface area (Å²) >= 11 is 15.6. The third-order valence-electron chi connectivity index (χ3n) is 5.69. The van der Waals surface area contributed by atoms with Crippen LogP contribution in [0.1, 0.15) is 16.7 Å². The number of amides is 1. The van der Waals surface area contributed by atoms with Gasteiger partial charge in [-0.3, -0.25) is 4.79 Å². The average Bonchev–Trinajstić information content (AvgIpc) is 2.97. The number of nitriles is 1. The zero-order valence-corrected chi connectivity index (χ0v) is 24.4. The van der Waals surface area contributed by atoms with Crippen molar-refractivity contribution in [3.05, 3.63) is 122 Å². The topological polar surface area (TPSA) is 80.6 Å². The van der Waals surface area contributed by atoms with Crippen LogP contribution in [0.5, 0.6) is 17.2 Å². The maximum atomic E-state index is 12.9. The highest BCUT2D eigenvalue weighted by molar-refractivity contribution is 9.10. The fourth-order valence-electron chi connectivity index (χ4n) is 3.60.